The molecule has 2 aromatic heterocycles. The number of hydrogen-bond acceptors (Lipinski definition) is 2. The highest BCUT2D eigenvalue weighted by atomic mass is 16.4. The first-order valence-corrected chi connectivity index (χ1v) is 10.1. The summed E-state index contributed by atoms with van der Waals surface area (Å²) in [6.07, 6.45) is 1.87. The van der Waals surface area contributed by atoms with Crippen LogP contribution in [0.15, 0.2) is 81.6 Å². The lowest BCUT2D eigenvalue weighted by atomic mass is 9.97. The van der Waals surface area contributed by atoms with Crippen LogP contribution in [-0.2, 0) is 12.8 Å². The molecule has 0 radical (unpaired) electrons. The van der Waals surface area contributed by atoms with Crippen molar-refractivity contribution in [1.82, 2.24) is 0 Å². The standard InChI is InChI=1S/C26H26O2/c1-4-19-16-23(21-12-8-6-9-13-21)27-25(19)18(3)26-20(5-2)17-24(28-26)22-14-10-7-11-15-22/h6-18H,4-5H2,1-3H3. The van der Waals surface area contributed by atoms with E-state index in [0.717, 1.165) is 47.0 Å². The van der Waals surface area contributed by atoms with E-state index in [1.165, 1.54) is 11.1 Å². The molecule has 4 aromatic rings. The van der Waals surface area contributed by atoms with Crippen molar-refractivity contribution in [2.45, 2.75) is 39.5 Å². The summed E-state index contributed by atoms with van der Waals surface area (Å²) in [5.74, 6) is 3.93. The Morgan fingerprint density at radius 3 is 1.39 bits per heavy atom. The zero-order valence-corrected chi connectivity index (χ0v) is 16.7. The van der Waals surface area contributed by atoms with Crippen molar-refractivity contribution in [2.75, 3.05) is 0 Å². The molecular weight excluding hydrogens is 344 g/mol. The predicted octanol–water partition coefficient (Wildman–Crippen LogP) is 7.48. The molecule has 0 fully saturated rings. The predicted molar refractivity (Wildman–Crippen MR) is 115 cm³/mol. The van der Waals surface area contributed by atoms with Crippen molar-refractivity contribution in [3.05, 3.63) is 95.4 Å². The molecule has 0 unspecified atom stereocenters. The normalized spacial score (nSPS) is 11.3. The molecular formula is C26H26O2. The molecule has 2 aromatic carbocycles. The van der Waals surface area contributed by atoms with E-state index < -0.39 is 0 Å². The van der Waals surface area contributed by atoms with Gasteiger partial charge >= 0.3 is 0 Å². The van der Waals surface area contributed by atoms with Gasteiger partial charge in [-0.15, -0.1) is 0 Å². The van der Waals surface area contributed by atoms with Crippen molar-refractivity contribution in [3.63, 3.8) is 0 Å². The second-order valence-electron chi connectivity index (χ2n) is 7.16. The van der Waals surface area contributed by atoms with E-state index >= 15 is 0 Å². The van der Waals surface area contributed by atoms with Crippen molar-refractivity contribution >= 4 is 0 Å². The highest BCUT2D eigenvalue weighted by Gasteiger charge is 2.24. The topological polar surface area (TPSA) is 26.3 Å². The summed E-state index contributed by atoms with van der Waals surface area (Å²) in [5, 5.41) is 0. The number of rotatable bonds is 6. The largest absolute Gasteiger partial charge is 0.460 e. The summed E-state index contributed by atoms with van der Waals surface area (Å²) < 4.78 is 12.7. The van der Waals surface area contributed by atoms with Crippen LogP contribution in [-0.4, -0.2) is 0 Å². The van der Waals surface area contributed by atoms with Crippen LogP contribution in [0.3, 0.4) is 0 Å². The Bertz CT molecular complexity index is 953. The van der Waals surface area contributed by atoms with Crippen LogP contribution in [0.4, 0.5) is 0 Å². The van der Waals surface area contributed by atoms with E-state index in [2.05, 4.69) is 57.2 Å². The molecule has 0 amide bonds. The zero-order chi connectivity index (χ0) is 19.5. The second kappa shape index (κ2) is 7.93. The average molecular weight is 370 g/mol. The molecule has 28 heavy (non-hydrogen) atoms. The third-order valence-electron chi connectivity index (χ3n) is 5.35. The minimum atomic E-state index is 0.0693. The van der Waals surface area contributed by atoms with Crippen LogP contribution in [0.2, 0.25) is 0 Å². The summed E-state index contributed by atoms with van der Waals surface area (Å²) in [4.78, 5) is 0. The van der Waals surface area contributed by atoms with E-state index in [4.69, 9.17) is 8.83 Å². The SMILES string of the molecule is CCc1cc(-c2ccccc2)oc1C(C)c1oc(-c2ccccc2)cc1CC. The summed E-state index contributed by atoms with van der Waals surface area (Å²) in [7, 11) is 0. The van der Waals surface area contributed by atoms with Crippen molar-refractivity contribution < 1.29 is 8.83 Å². The van der Waals surface area contributed by atoms with E-state index in [-0.39, 0.29) is 5.92 Å². The third-order valence-corrected chi connectivity index (χ3v) is 5.35. The second-order valence-corrected chi connectivity index (χ2v) is 7.16. The molecule has 0 aliphatic carbocycles. The molecule has 0 aliphatic heterocycles. The molecule has 0 N–H and O–H groups in total. The summed E-state index contributed by atoms with van der Waals surface area (Å²) in [6.45, 7) is 6.53. The Morgan fingerprint density at radius 1 is 0.643 bits per heavy atom. The maximum atomic E-state index is 6.36. The molecule has 2 heterocycles. The van der Waals surface area contributed by atoms with Gasteiger partial charge in [0, 0.05) is 11.1 Å². The Hall–Kier alpha value is -3.00. The van der Waals surface area contributed by atoms with Gasteiger partial charge in [0.05, 0.1) is 5.92 Å². The quantitative estimate of drug-likeness (QED) is 0.351. The maximum Gasteiger partial charge on any atom is 0.134 e. The number of benzene rings is 2. The molecule has 0 spiro atoms. The smallest absolute Gasteiger partial charge is 0.134 e. The van der Waals surface area contributed by atoms with Crippen molar-refractivity contribution in [1.29, 1.82) is 0 Å². The molecule has 4 rings (SSSR count). The Kier molecular flexibility index (Phi) is 5.21. The van der Waals surface area contributed by atoms with Gasteiger partial charge < -0.3 is 8.83 Å². The minimum Gasteiger partial charge on any atom is -0.460 e. The highest BCUT2D eigenvalue weighted by Crippen LogP contribution is 2.38. The molecule has 2 heteroatoms. The fraction of sp³-hybridized carbons (Fsp3) is 0.231. The molecule has 0 atom stereocenters. The Balaban J connectivity index is 1.74. The summed E-state index contributed by atoms with van der Waals surface area (Å²) >= 11 is 0. The monoisotopic (exact) mass is 370 g/mol. The Labute approximate surface area is 166 Å². The summed E-state index contributed by atoms with van der Waals surface area (Å²) in [6, 6.07) is 24.9. The fourth-order valence-corrected chi connectivity index (χ4v) is 3.78. The van der Waals surface area contributed by atoms with Gasteiger partial charge in [-0.2, -0.15) is 0 Å². The van der Waals surface area contributed by atoms with Gasteiger partial charge in [0.2, 0.25) is 0 Å². The molecule has 0 bridgehead atoms. The molecule has 0 aliphatic rings. The lowest BCUT2D eigenvalue weighted by molar-refractivity contribution is 0.444. The number of hydrogen-bond donors (Lipinski definition) is 0. The van der Waals surface area contributed by atoms with E-state index in [1.807, 2.05) is 36.4 Å². The number of furan rings is 2. The molecule has 142 valence electrons. The van der Waals surface area contributed by atoms with Crippen LogP contribution in [0.25, 0.3) is 22.6 Å². The number of aryl methyl sites for hydroxylation is 2. The lowest BCUT2D eigenvalue weighted by Crippen LogP contribution is -1.99. The fourth-order valence-electron chi connectivity index (χ4n) is 3.78. The Morgan fingerprint density at radius 2 is 1.04 bits per heavy atom. The first-order valence-electron chi connectivity index (χ1n) is 10.1. The molecule has 0 saturated heterocycles. The van der Waals surface area contributed by atoms with Gasteiger partial charge in [-0.25, -0.2) is 0 Å². The van der Waals surface area contributed by atoms with Gasteiger partial charge in [0.25, 0.3) is 0 Å². The van der Waals surface area contributed by atoms with E-state index in [9.17, 15) is 0 Å². The van der Waals surface area contributed by atoms with Crippen molar-refractivity contribution in [3.8, 4) is 22.6 Å². The maximum absolute atomic E-state index is 6.36. The average Bonchev–Trinajstić information content (AvgIpc) is 3.39. The van der Waals surface area contributed by atoms with E-state index in [1.54, 1.807) is 0 Å². The van der Waals surface area contributed by atoms with Crippen LogP contribution in [0, 0.1) is 0 Å². The summed E-state index contributed by atoms with van der Waals surface area (Å²) in [5.41, 5.74) is 4.70. The zero-order valence-electron chi connectivity index (χ0n) is 16.7. The van der Waals surface area contributed by atoms with Gasteiger partial charge in [-0.3, -0.25) is 0 Å². The van der Waals surface area contributed by atoms with Crippen LogP contribution in [0.1, 0.15) is 49.3 Å². The molecule has 2 nitrogen and oxygen atoms in total. The third kappa shape index (κ3) is 3.43. The highest BCUT2D eigenvalue weighted by molar-refractivity contribution is 5.61. The van der Waals surface area contributed by atoms with Gasteiger partial charge in [-0.05, 0) is 43.0 Å². The van der Waals surface area contributed by atoms with E-state index in [0.29, 0.717) is 0 Å². The van der Waals surface area contributed by atoms with Gasteiger partial charge in [0.15, 0.2) is 0 Å². The first kappa shape index (κ1) is 18.4. The minimum absolute atomic E-state index is 0.0693. The lowest BCUT2D eigenvalue weighted by Gasteiger charge is -2.10. The van der Waals surface area contributed by atoms with Gasteiger partial charge in [0.1, 0.15) is 23.0 Å². The van der Waals surface area contributed by atoms with Crippen LogP contribution < -0.4 is 0 Å². The van der Waals surface area contributed by atoms with Gasteiger partial charge in [-0.1, -0.05) is 74.5 Å². The van der Waals surface area contributed by atoms with Crippen LogP contribution >= 0.6 is 0 Å². The van der Waals surface area contributed by atoms with Crippen molar-refractivity contribution in [2.24, 2.45) is 0 Å². The molecule has 0 saturated carbocycles. The first-order chi connectivity index (χ1) is 13.7. The van der Waals surface area contributed by atoms with Crippen LogP contribution in [0.5, 0.6) is 0 Å².